The highest BCUT2D eigenvalue weighted by molar-refractivity contribution is 7.10. The van der Waals surface area contributed by atoms with Gasteiger partial charge in [0.05, 0.1) is 5.54 Å². The molecular weight excluding hydrogens is 316 g/mol. The molecule has 4 heteroatoms. The van der Waals surface area contributed by atoms with E-state index in [1.165, 1.54) is 30.6 Å². The van der Waals surface area contributed by atoms with Crippen molar-refractivity contribution in [3.8, 4) is 0 Å². The van der Waals surface area contributed by atoms with Crippen molar-refractivity contribution in [1.82, 2.24) is 9.80 Å². The summed E-state index contributed by atoms with van der Waals surface area (Å²) >= 11 is 1.88. The van der Waals surface area contributed by atoms with Crippen molar-refractivity contribution in [1.29, 1.82) is 0 Å². The van der Waals surface area contributed by atoms with Crippen molar-refractivity contribution in [2.24, 2.45) is 11.3 Å². The molecule has 1 saturated heterocycles. The predicted octanol–water partition coefficient (Wildman–Crippen LogP) is 4.34. The minimum absolute atomic E-state index is 0.174. The first-order chi connectivity index (χ1) is 11.4. The first-order valence-electron chi connectivity index (χ1n) is 9.36. The zero-order valence-electron chi connectivity index (χ0n) is 15.7. The lowest BCUT2D eigenvalue weighted by atomic mass is 9.66. The van der Waals surface area contributed by atoms with Gasteiger partial charge in [0.25, 0.3) is 0 Å². The summed E-state index contributed by atoms with van der Waals surface area (Å²) in [5.74, 6) is 1.06. The van der Waals surface area contributed by atoms with Crippen LogP contribution >= 0.6 is 11.3 Å². The van der Waals surface area contributed by atoms with Gasteiger partial charge in [-0.3, -0.25) is 9.69 Å². The van der Waals surface area contributed by atoms with E-state index in [1.54, 1.807) is 0 Å². The van der Waals surface area contributed by atoms with Gasteiger partial charge in [-0.2, -0.15) is 0 Å². The number of amides is 1. The van der Waals surface area contributed by atoms with E-state index in [2.05, 4.69) is 55.3 Å². The second kappa shape index (κ2) is 6.80. The van der Waals surface area contributed by atoms with Gasteiger partial charge in [0, 0.05) is 24.4 Å². The number of hydrogen-bond donors (Lipinski definition) is 0. The zero-order chi connectivity index (χ0) is 17.4. The minimum Gasteiger partial charge on any atom is -0.342 e. The number of thiophene rings is 1. The van der Waals surface area contributed by atoms with Gasteiger partial charge in [-0.05, 0) is 69.0 Å². The molecule has 1 spiro atoms. The molecule has 2 fully saturated rings. The Morgan fingerprint density at radius 2 is 1.96 bits per heavy atom. The number of likely N-dealkylation sites (tertiary alicyclic amines) is 1. The van der Waals surface area contributed by atoms with E-state index < -0.39 is 0 Å². The van der Waals surface area contributed by atoms with E-state index in [-0.39, 0.29) is 11.0 Å². The molecule has 3 rings (SSSR count). The summed E-state index contributed by atoms with van der Waals surface area (Å²) in [5.41, 5.74) is 0.415. The Balaban J connectivity index is 1.69. The Morgan fingerprint density at radius 1 is 1.25 bits per heavy atom. The molecule has 0 atom stereocenters. The molecule has 2 aliphatic rings. The van der Waals surface area contributed by atoms with E-state index in [0.717, 1.165) is 25.9 Å². The Bertz CT molecular complexity index is 556. The van der Waals surface area contributed by atoms with E-state index >= 15 is 0 Å². The van der Waals surface area contributed by atoms with Crippen molar-refractivity contribution in [3.63, 3.8) is 0 Å². The van der Waals surface area contributed by atoms with Crippen LogP contribution in [0, 0.1) is 11.3 Å². The molecule has 1 aromatic heterocycles. The molecule has 1 aromatic rings. The molecule has 0 N–H and O–H groups in total. The first kappa shape index (κ1) is 17.9. The highest BCUT2D eigenvalue weighted by Crippen LogP contribution is 2.52. The fourth-order valence-electron chi connectivity index (χ4n) is 4.59. The van der Waals surface area contributed by atoms with Gasteiger partial charge in [0.15, 0.2) is 0 Å². The number of carbonyl (C=O) groups excluding carboxylic acids is 1. The van der Waals surface area contributed by atoms with Crippen molar-refractivity contribution >= 4 is 17.2 Å². The van der Waals surface area contributed by atoms with E-state index in [0.29, 0.717) is 11.8 Å². The molecule has 1 saturated carbocycles. The summed E-state index contributed by atoms with van der Waals surface area (Å²) in [6.07, 6.45) is 6.59. The highest BCUT2D eigenvalue weighted by Gasteiger charge is 2.50. The standard InChI is InChI=1S/C20H32N2OS/c1-16(2)7-12-22-15-19(14-18(22)23)8-10-20(11-9-19,21(3)4)17-6-5-13-24-17/h5-6,13,16H,7-12,14-15H2,1-4H3. The van der Waals surface area contributed by atoms with Crippen molar-refractivity contribution < 1.29 is 4.79 Å². The Hall–Kier alpha value is -0.870. The van der Waals surface area contributed by atoms with E-state index in [9.17, 15) is 4.79 Å². The maximum Gasteiger partial charge on any atom is 0.223 e. The zero-order valence-corrected chi connectivity index (χ0v) is 16.5. The molecule has 0 radical (unpaired) electrons. The summed E-state index contributed by atoms with van der Waals surface area (Å²) in [7, 11) is 4.43. The van der Waals surface area contributed by atoms with Crippen LogP contribution in [0.4, 0.5) is 0 Å². The van der Waals surface area contributed by atoms with Crippen molar-refractivity contribution in [3.05, 3.63) is 22.4 Å². The van der Waals surface area contributed by atoms with Crippen LogP contribution in [0.2, 0.25) is 0 Å². The first-order valence-corrected chi connectivity index (χ1v) is 10.2. The molecule has 1 aliphatic carbocycles. The third-order valence-electron chi connectivity index (χ3n) is 6.36. The molecule has 2 heterocycles. The van der Waals surface area contributed by atoms with Gasteiger partial charge in [-0.15, -0.1) is 11.3 Å². The van der Waals surface area contributed by atoms with Crippen LogP contribution in [0.1, 0.15) is 57.2 Å². The molecule has 0 bridgehead atoms. The molecule has 1 aliphatic heterocycles. The maximum absolute atomic E-state index is 12.5. The van der Waals surface area contributed by atoms with Crippen LogP contribution in [-0.2, 0) is 10.3 Å². The molecule has 24 heavy (non-hydrogen) atoms. The Labute approximate surface area is 151 Å². The molecule has 0 aromatic carbocycles. The number of carbonyl (C=O) groups is 1. The van der Waals surface area contributed by atoms with Gasteiger partial charge in [-0.1, -0.05) is 19.9 Å². The summed E-state index contributed by atoms with van der Waals surface area (Å²) in [6.45, 7) is 6.42. The summed E-state index contributed by atoms with van der Waals surface area (Å²) in [4.78, 5) is 18.6. The van der Waals surface area contributed by atoms with Crippen molar-refractivity contribution in [2.75, 3.05) is 27.2 Å². The average Bonchev–Trinajstić information content (AvgIpc) is 3.15. The molecule has 1 amide bonds. The second-order valence-electron chi connectivity index (χ2n) is 8.58. The fraction of sp³-hybridized carbons (Fsp3) is 0.750. The Kier molecular flexibility index (Phi) is 5.08. The molecule has 134 valence electrons. The van der Waals surface area contributed by atoms with Crippen LogP contribution in [0.5, 0.6) is 0 Å². The SMILES string of the molecule is CC(C)CCN1CC2(CCC(c3cccs3)(N(C)C)CC2)CC1=O. The number of rotatable bonds is 5. The second-order valence-corrected chi connectivity index (χ2v) is 9.53. The lowest BCUT2D eigenvalue weighted by molar-refractivity contribution is -0.128. The minimum atomic E-state index is 0.174. The Morgan fingerprint density at radius 3 is 2.50 bits per heavy atom. The quantitative estimate of drug-likeness (QED) is 0.790. The van der Waals surface area contributed by atoms with Gasteiger partial charge in [0.2, 0.25) is 5.91 Å². The van der Waals surface area contributed by atoms with Crippen LogP contribution in [0.25, 0.3) is 0 Å². The van der Waals surface area contributed by atoms with E-state index in [1.807, 2.05) is 11.3 Å². The predicted molar refractivity (Wildman–Crippen MR) is 101 cm³/mol. The third kappa shape index (κ3) is 3.28. The van der Waals surface area contributed by atoms with Gasteiger partial charge < -0.3 is 4.90 Å². The summed E-state index contributed by atoms with van der Waals surface area (Å²) in [5, 5.41) is 2.19. The number of hydrogen-bond acceptors (Lipinski definition) is 3. The highest BCUT2D eigenvalue weighted by atomic mass is 32.1. The van der Waals surface area contributed by atoms with Crippen LogP contribution < -0.4 is 0 Å². The lowest BCUT2D eigenvalue weighted by Crippen LogP contribution is -2.47. The average molecular weight is 349 g/mol. The molecule has 0 unspecified atom stereocenters. The largest absolute Gasteiger partial charge is 0.342 e. The monoisotopic (exact) mass is 348 g/mol. The molecule has 3 nitrogen and oxygen atoms in total. The van der Waals surface area contributed by atoms with Crippen LogP contribution in [0.3, 0.4) is 0 Å². The van der Waals surface area contributed by atoms with Gasteiger partial charge in [0.1, 0.15) is 0 Å². The topological polar surface area (TPSA) is 23.6 Å². The van der Waals surface area contributed by atoms with Gasteiger partial charge >= 0.3 is 0 Å². The third-order valence-corrected chi connectivity index (χ3v) is 7.42. The lowest BCUT2D eigenvalue weighted by Gasteiger charge is -2.48. The summed E-state index contributed by atoms with van der Waals surface area (Å²) < 4.78 is 0. The number of nitrogens with zero attached hydrogens (tertiary/aromatic N) is 2. The van der Waals surface area contributed by atoms with E-state index in [4.69, 9.17) is 0 Å². The van der Waals surface area contributed by atoms with Crippen LogP contribution in [-0.4, -0.2) is 42.9 Å². The smallest absolute Gasteiger partial charge is 0.223 e. The fourth-order valence-corrected chi connectivity index (χ4v) is 5.65. The maximum atomic E-state index is 12.5. The van der Waals surface area contributed by atoms with Crippen molar-refractivity contribution in [2.45, 2.75) is 57.9 Å². The van der Waals surface area contributed by atoms with Crippen LogP contribution in [0.15, 0.2) is 17.5 Å². The molecular formula is C20H32N2OS. The van der Waals surface area contributed by atoms with Gasteiger partial charge in [-0.25, -0.2) is 0 Å². The normalized spacial score (nSPS) is 30.9. The summed E-state index contributed by atoms with van der Waals surface area (Å²) in [6, 6.07) is 4.46.